The van der Waals surface area contributed by atoms with Gasteiger partial charge in [-0.2, -0.15) is 0 Å². The smallest absolute Gasteiger partial charge is 0.115 e. The summed E-state index contributed by atoms with van der Waals surface area (Å²) in [5.41, 5.74) is 3.83. The van der Waals surface area contributed by atoms with Gasteiger partial charge in [-0.1, -0.05) is 24.6 Å². The summed E-state index contributed by atoms with van der Waals surface area (Å²) in [4.78, 5) is 8.08. The number of hydrogen-bond acceptors (Lipinski definition) is 2. The summed E-state index contributed by atoms with van der Waals surface area (Å²) in [6, 6.07) is 0. The third-order valence-electron chi connectivity index (χ3n) is 2.42. The molecule has 14 heavy (non-hydrogen) atoms. The molecule has 0 fully saturated rings. The monoisotopic (exact) mass is 186 g/mol. The Hall–Kier alpha value is -1.44. The van der Waals surface area contributed by atoms with E-state index in [2.05, 4.69) is 36.0 Å². The molecule has 0 amide bonds. The maximum atomic E-state index is 4.04. The van der Waals surface area contributed by atoms with E-state index in [1.807, 2.05) is 12.4 Å². The maximum absolute atomic E-state index is 4.04. The predicted molar refractivity (Wildman–Crippen MR) is 57.5 cm³/mol. The van der Waals surface area contributed by atoms with Crippen LogP contribution in [0.1, 0.15) is 25.8 Å². The average Bonchev–Trinajstić information content (AvgIpc) is 2.18. The number of aromatic nitrogens is 2. The van der Waals surface area contributed by atoms with E-state index in [4.69, 9.17) is 0 Å². The Morgan fingerprint density at radius 3 is 2.64 bits per heavy atom. The van der Waals surface area contributed by atoms with Gasteiger partial charge in [-0.3, -0.25) is 0 Å². The number of nitrogens with zero attached hydrogens (tertiary/aromatic N) is 2. The van der Waals surface area contributed by atoms with Gasteiger partial charge in [-0.15, -0.1) is 0 Å². The van der Waals surface area contributed by atoms with Crippen LogP contribution in [-0.2, 0) is 0 Å². The van der Waals surface area contributed by atoms with Crippen LogP contribution in [0.3, 0.4) is 0 Å². The molecule has 72 valence electrons. The van der Waals surface area contributed by atoms with Crippen LogP contribution in [0, 0.1) is 5.92 Å². The molecular weight excluding hydrogens is 172 g/mol. The van der Waals surface area contributed by atoms with Crippen LogP contribution < -0.4 is 0 Å². The highest BCUT2D eigenvalue weighted by Gasteiger charge is 2.11. The van der Waals surface area contributed by atoms with E-state index in [9.17, 15) is 0 Å². The minimum Gasteiger partial charge on any atom is -0.244 e. The fourth-order valence-corrected chi connectivity index (χ4v) is 1.90. The molecule has 2 rings (SSSR count). The Kier molecular flexibility index (Phi) is 2.44. The highest BCUT2D eigenvalue weighted by atomic mass is 14.8. The summed E-state index contributed by atoms with van der Waals surface area (Å²) >= 11 is 0. The first-order chi connectivity index (χ1) is 6.75. The van der Waals surface area contributed by atoms with Crippen molar-refractivity contribution in [2.75, 3.05) is 0 Å². The standard InChI is InChI=1S/C12H14N2/c1-9-3-10(2)5-11(4-9)12-6-13-8-14-7-12/h3-4,6-8,10H,5H2,1-2H3. The van der Waals surface area contributed by atoms with E-state index in [1.165, 1.54) is 11.1 Å². The zero-order chi connectivity index (χ0) is 9.97. The first-order valence-corrected chi connectivity index (χ1v) is 4.90. The van der Waals surface area contributed by atoms with Crippen molar-refractivity contribution in [2.24, 2.45) is 5.92 Å². The molecule has 0 aromatic carbocycles. The topological polar surface area (TPSA) is 25.8 Å². The van der Waals surface area contributed by atoms with Gasteiger partial charge in [0.2, 0.25) is 0 Å². The number of hydrogen-bond donors (Lipinski definition) is 0. The molecule has 2 heteroatoms. The summed E-state index contributed by atoms with van der Waals surface area (Å²) in [7, 11) is 0. The molecule has 1 aromatic rings. The molecule has 0 N–H and O–H groups in total. The molecule has 1 atom stereocenters. The van der Waals surface area contributed by atoms with E-state index < -0.39 is 0 Å². The van der Waals surface area contributed by atoms with Gasteiger partial charge in [0.15, 0.2) is 0 Å². The van der Waals surface area contributed by atoms with Crippen LogP contribution in [0.2, 0.25) is 0 Å². The third-order valence-corrected chi connectivity index (χ3v) is 2.42. The van der Waals surface area contributed by atoms with Crippen LogP contribution in [0.5, 0.6) is 0 Å². The van der Waals surface area contributed by atoms with Crippen molar-refractivity contribution < 1.29 is 0 Å². The molecule has 0 radical (unpaired) electrons. The molecule has 1 aromatic heterocycles. The zero-order valence-electron chi connectivity index (χ0n) is 8.57. The highest BCUT2D eigenvalue weighted by Crippen LogP contribution is 2.28. The second kappa shape index (κ2) is 3.74. The van der Waals surface area contributed by atoms with Crippen molar-refractivity contribution in [3.63, 3.8) is 0 Å². The van der Waals surface area contributed by atoms with Crippen molar-refractivity contribution >= 4 is 5.57 Å². The Bertz CT molecular complexity index is 377. The molecule has 1 unspecified atom stereocenters. The number of allylic oxidation sites excluding steroid dienone is 4. The van der Waals surface area contributed by atoms with Crippen molar-refractivity contribution in [2.45, 2.75) is 20.3 Å². The average molecular weight is 186 g/mol. The van der Waals surface area contributed by atoms with Gasteiger partial charge in [0.05, 0.1) is 0 Å². The SMILES string of the molecule is CC1=CC(C)CC(c2cncnc2)=C1. The fraction of sp³-hybridized carbons (Fsp3) is 0.333. The summed E-state index contributed by atoms with van der Waals surface area (Å²) in [6.45, 7) is 4.37. The molecular formula is C12H14N2. The number of rotatable bonds is 1. The largest absolute Gasteiger partial charge is 0.244 e. The maximum Gasteiger partial charge on any atom is 0.115 e. The Labute approximate surface area is 84.4 Å². The summed E-state index contributed by atoms with van der Waals surface area (Å²) < 4.78 is 0. The zero-order valence-corrected chi connectivity index (χ0v) is 8.57. The van der Waals surface area contributed by atoms with Crippen LogP contribution in [0.4, 0.5) is 0 Å². The molecule has 0 bridgehead atoms. The molecule has 1 heterocycles. The lowest BCUT2D eigenvalue weighted by Crippen LogP contribution is -2.00. The highest BCUT2D eigenvalue weighted by molar-refractivity contribution is 5.68. The first-order valence-electron chi connectivity index (χ1n) is 4.90. The third kappa shape index (κ3) is 1.90. The van der Waals surface area contributed by atoms with Crippen molar-refractivity contribution in [1.82, 2.24) is 9.97 Å². The van der Waals surface area contributed by atoms with E-state index in [0.717, 1.165) is 12.0 Å². The van der Waals surface area contributed by atoms with E-state index in [1.54, 1.807) is 6.33 Å². The molecule has 0 saturated heterocycles. The molecule has 0 aliphatic heterocycles. The molecule has 1 aliphatic rings. The predicted octanol–water partition coefficient (Wildman–Crippen LogP) is 2.85. The van der Waals surface area contributed by atoms with Crippen LogP contribution in [0.25, 0.3) is 5.57 Å². The minimum atomic E-state index is 0.621. The van der Waals surface area contributed by atoms with E-state index in [-0.39, 0.29) is 0 Å². The summed E-state index contributed by atoms with van der Waals surface area (Å²) in [5, 5.41) is 0. The van der Waals surface area contributed by atoms with Gasteiger partial charge in [-0.25, -0.2) is 9.97 Å². The van der Waals surface area contributed by atoms with Gasteiger partial charge < -0.3 is 0 Å². The first kappa shape index (κ1) is 9.13. The normalized spacial score (nSPS) is 21.4. The Morgan fingerprint density at radius 1 is 1.29 bits per heavy atom. The van der Waals surface area contributed by atoms with Crippen LogP contribution in [0.15, 0.2) is 36.4 Å². The van der Waals surface area contributed by atoms with Crippen molar-refractivity contribution in [3.8, 4) is 0 Å². The molecule has 0 saturated carbocycles. The van der Waals surface area contributed by atoms with E-state index in [0.29, 0.717) is 5.92 Å². The molecule has 2 nitrogen and oxygen atoms in total. The second-order valence-corrected chi connectivity index (χ2v) is 3.89. The quantitative estimate of drug-likeness (QED) is 0.674. The Balaban J connectivity index is 2.33. The second-order valence-electron chi connectivity index (χ2n) is 3.89. The lowest BCUT2D eigenvalue weighted by atomic mass is 9.89. The van der Waals surface area contributed by atoms with Gasteiger partial charge in [-0.05, 0) is 24.8 Å². The van der Waals surface area contributed by atoms with Crippen molar-refractivity contribution in [3.05, 3.63) is 42.0 Å². The fourth-order valence-electron chi connectivity index (χ4n) is 1.90. The molecule has 0 spiro atoms. The van der Waals surface area contributed by atoms with Gasteiger partial charge in [0.1, 0.15) is 6.33 Å². The summed E-state index contributed by atoms with van der Waals surface area (Å²) in [6.07, 6.45) is 10.9. The molecule has 1 aliphatic carbocycles. The summed E-state index contributed by atoms with van der Waals surface area (Å²) in [5.74, 6) is 0.621. The van der Waals surface area contributed by atoms with Crippen LogP contribution >= 0.6 is 0 Å². The van der Waals surface area contributed by atoms with Gasteiger partial charge in [0.25, 0.3) is 0 Å². The lowest BCUT2D eigenvalue weighted by Gasteiger charge is -2.16. The van der Waals surface area contributed by atoms with Gasteiger partial charge in [0, 0.05) is 18.0 Å². The minimum absolute atomic E-state index is 0.621. The van der Waals surface area contributed by atoms with Gasteiger partial charge >= 0.3 is 0 Å². The van der Waals surface area contributed by atoms with Crippen LogP contribution in [-0.4, -0.2) is 9.97 Å². The Morgan fingerprint density at radius 2 is 2.00 bits per heavy atom. The van der Waals surface area contributed by atoms with Crippen molar-refractivity contribution in [1.29, 1.82) is 0 Å². The van der Waals surface area contributed by atoms with E-state index >= 15 is 0 Å². The lowest BCUT2D eigenvalue weighted by molar-refractivity contribution is 0.741.